The molecule has 1 saturated carbocycles. The van der Waals surface area contributed by atoms with Crippen molar-refractivity contribution in [2.75, 3.05) is 33.4 Å². The summed E-state index contributed by atoms with van der Waals surface area (Å²) in [6.45, 7) is 3.58. The topological polar surface area (TPSA) is 41.6 Å². The average molecular weight is 334 g/mol. The highest BCUT2D eigenvalue weighted by Crippen LogP contribution is 2.50. The number of amides is 1. The van der Waals surface area contributed by atoms with Gasteiger partial charge in [0.25, 0.3) is 0 Å². The number of benzene rings is 1. The minimum Gasteiger partial charge on any atom is -0.383 e. The lowest BCUT2D eigenvalue weighted by Crippen LogP contribution is -2.41. The molecule has 0 radical (unpaired) electrons. The van der Waals surface area contributed by atoms with E-state index < -0.39 is 0 Å². The second-order valence-corrected chi connectivity index (χ2v) is 7.14. The summed E-state index contributed by atoms with van der Waals surface area (Å²) >= 11 is 0. The molecule has 1 saturated heterocycles. The maximum atomic E-state index is 13.9. The van der Waals surface area contributed by atoms with E-state index in [0.717, 1.165) is 44.3 Å². The molecular weight excluding hydrogens is 307 g/mol. The van der Waals surface area contributed by atoms with E-state index in [1.807, 2.05) is 12.1 Å². The number of ether oxygens (including phenoxy) is 1. The van der Waals surface area contributed by atoms with Crippen LogP contribution in [0.25, 0.3) is 0 Å². The van der Waals surface area contributed by atoms with Gasteiger partial charge in [-0.15, -0.1) is 0 Å². The van der Waals surface area contributed by atoms with Gasteiger partial charge in [-0.05, 0) is 37.3 Å². The van der Waals surface area contributed by atoms with Crippen LogP contribution in [0.4, 0.5) is 4.39 Å². The molecule has 0 bridgehead atoms. The molecule has 1 aromatic carbocycles. The van der Waals surface area contributed by atoms with Gasteiger partial charge in [-0.2, -0.15) is 0 Å². The molecule has 3 rings (SSSR count). The van der Waals surface area contributed by atoms with Crippen molar-refractivity contribution in [1.82, 2.24) is 10.2 Å². The molecule has 1 spiro atoms. The molecule has 1 amide bonds. The lowest BCUT2D eigenvalue weighted by molar-refractivity contribution is -0.128. The van der Waals surface area contributed by atoms with Crippen LogP contribution in [0.2, 0.25) is 0 Å². The van der Waals surface area contributed by atoms with Crippen molar-refractivity contribution in [1.29, 1.82) is 0 Å². The summed E-state index contributed by atoms with van der Waals surface area (Å²) in [5.74, 6) is 0.107. The number of nitrogens with zero attached hydrogens (tertiary/aromatic N) is 1. The van der Waals surface area contributed by atoms with Crippen LogP contribution >= 0.6 is 0 Å². The van der Waals surface area contributed by atoms with Gasteiger partial charge in [0.2, 0.25) is 5.91 Å². The molecule has 1 aromatic rings. The van der Waals surface area contributed by atoms with E-state index in [1.54, 1.807) is 13.2 Å². The van der Waals surface area contributed by atoms with Crippen molar-refractivity contribution in [3.63, 3.8) is 0 Å². The Labute approximate surface area is 143 Å². The molecule has 24 heavy (non-hydrogen) atoms. The molecule has 2 atom stereocenters. The van der Waals surface area contributed by atoms with Crippen LogP contribution in [0.15, 0.2) is 24.3 Å². The third-order valence-electron chi connectivity index (χ3n) is 5.64. The van der Waals surface area contributed by atoms with E-state index in [1.165, 1.54) is 6.07 Å². The van der Waals surface area contributed by atoms with Crippen molar-refractivity contribution >= 4 is 5.91 Å². The molecular formula is C19H27FN2O2. The summed E-state index contributed by atoms with van der Waals surface area (Å²) in [5, 5.41) is 3.01. The van der Waals surface area contributed by atoms with Crippen molar-refractivity contribution < 1.29 is 13.9 Å². The molecule has 4 nitrogen and oxygen atoms in total. The van der Waals surface area contributed by atoms with Gasteiger partial charge in [-0.1, -0.05) is 24.6 Å². The molecule has 0 unspecified atom stereocenters. The zero-order valence-corrected chi connectivity index (χ0v) is 14.4. The Hall–Kier alpha value is -1.46. The number of hydrogen-bond acceptors (Lipinski definition) is 3. The Morgan fingerprint density at radius 1 is 1.42 bits per heavy atom. The fraction of sp³-hybridized carbons (Fsp3) is 0.632. The number of methoxy groups -OCH3 is 1. The van der Waals surface area contributed by atoms with Gasteiger partial charge >= 0.3 is 0 Å². The summed E-state index contributed by atoms with van der Waals surface area (Å²) in [7, 11) is 1.64. The van der Waals surface area contributed by atoms with Crippen LogP contribution in [0, 0.1) is 17.2 Å². The number of halogens is 1. The number of nitrogens with one attached hydrogen (secondary N) is 1. The SMILES string of the molecule is COCCNC(=O)[C@@H]1CCC[C@@]12CCN(Cc1ccccc1F)C2. The summed E-state index contributed by atoms with van der Waals surface area (Å²) in [6.07, 6.45) is 4.20. The van der Waals surface area contributed by atoms with Gasteiger partial charge in [0, 0.05) is 38.2 Å². The van der Waals surface area contributed by atoms with Crippen LogP contribution in [0.3, 0.4) is 0 Å². The predicted octanol–water partition coefficient (Wildman–Crippen LogP) is 2.58. The van der Waals surface area contributed by atoms with Crippen LogP contribution in [-0.2, 0) is 16.1 Å². The summed E-state index contributed by atoms with van der Waals surface area (Å²) in [5.41, 5.74) is 0.816. The maximum absolute atomic E-state index is 13.9. The van der Waals surface area contributed by atoms with Crippen LogP contribution in [0.1, 0.15) is 31.2 Å². The number of hydrogen-bond donors (Lipinski definition) is 1. The second kappa shape index (κ2) is 7.62. The van der Waals surface area contributed by atoms with Crippen molar-refractivity contribution in [2.24, 2.45) is 11.3 Å². The molecule has 1 aliphatic carbocycles. The Morgan fingerprint density at radius 3 is 3.04 bits per heavy atom. The molecule has 1 aliphatic heterocycles. The highest BCUT2D eigenvalue weighted by atomic mass is 19.1. The first-order valence-corrected chi connectivity index (χ1v) is 8.87. The lowest BCUT2D eigenvalue weighted by atomic mass is 9.76. The fourth-order valence-corrected chi connectivity index (χ4v) is 4.42. The number of likely N-dealkylation sites (tertiary alicyclic amines) is 1. The van der Waals surface area contributed by atoms with Gasteiger partial charge in [0.05, 0.1) is 6.61 Å². The smallest absolute Gasteiger partial charge is 0.223 e. The Bertz CT molecular complexity index is 580. The van der Waals surface area contributed by atoms with Crippen molar-refractivity contribution in [3.8, 4) is 0 Å². The molecule has 2 fully saturated rings. The third-order valence-corrected chi connectivity index (χ3v) is 5.64. The Kier molecular flexibility index (Phi) is 5.51. The van der Waals surface area contributed by atoms with Gasteiger partial charge < -0.3 is 10.1 Å². The van der Waals surface area contributed by atoms with Gasteiger partial charge in [-0.3, -0.25) is 9.69 Å². The van der Waals surface area contributed by atoms with E-state index in [-0.39, 0.29) is 23.1 Å². The van der Waals surface area contributed by atoms with Gasteiger partial charge in [0.1, 0.15) is 5.82 Å². The zero-order valence-electron chi connectivity index (χ0n) is 14.4. The van der Waals surface area contributed by atoms with Crippen LogP contribution in [-0.4, -0.2) is 44.2 Å². The first kappa shape index (κ1) is 17.4. The zero-order chi connectivity index (χ0) is 17.0. The molecule has 2 aliphatic rings. The molecule has 1 heterocycles. The highest BCUT2D eigenvalue weighted by Gasteiger charge is 2.50. The monoisotopic (exact) mass is 334 g/mol. The quantitative estimate of drug-likeness (QED) is 0.813. The van der Waals surface area contributed by atoms with Crippen LogP contribution in [0.5, 0.6) is 0 Å². The van der Waals surface area contributed by atoms with E-state index in [0.29, 0.717) is 19.7 Å². The number of carbonyl (C=O) groups is 1. The average Bonchev–Trinajstić information content (AvgIpc) is 3.17. The largest absolute Gasteiger partial charge is 0.383 e. The lowest BCUT2D eigenvalue weighted by Gasteiger charge is -2.30. The summed E-state index contributed by atoms with van der Waals surface area (Å²) in [4.78, 5) is 14.9. The third kappa shape index (κ3) is 3.62. The Balaban J connectivity index is 1.62. The standard InChI is InChI=1S/C19H27FN2O2/c1-24-12-10-21-18(23)16-6-4-8-19(16)9-11-22(14-19)13-15-5-2-3-7-17(15)20/h2-3,5,7,16H,4,6,8-14H2,1H3,(H,21,23)/t16-,19-/m0/s1. The van der Waals surface area contributed by atoms with E-state index in [9.17, 15) is 9.18 Å². The van der Waals surface area contributed by atoms with Gasteiger partial charge in [-0.25, -0.2) is 4.39 Å². The van der Waals surface area contributed by atoms with Gasteiger partial charge in [0.15, 0.2) is 0 Å². The van der Waals surface area contributed by atoms with Crippen molar-refractivity contribution in [2.45, 2.75) is 32.2 Å². The first-order valence-electron chi connectivity index (χ1n) is 8.87. The van der Waals surface area contributed by atoms with E-state index in [4.69, 9.17) is 4.74 Å². The molecule has 0 aromatic heterocycles. The first-order chi connectivity index (χ1) is 11.6. The second-order valence-electron chi connectivity index (χ2n) is 7.14. The predicted molar refractivity (Wildman–Crippen MR) is 91.0 cm³/mol. The normalized spacial score (nSPS) is 27.0. The summed E-state index contributed by atoms with van der Waals surface area (Å²) < 4.78 is 18.9. The maximum Gasteiger partial charge on any atom is 0.223 e. The molecule has 5 heteroatoms. The Morgan fingerprint density at radius 2 is 2.25 bits per heavy atom. The number of rotatable bonds is 6. The van der Waals surface area contributed by atoms with Crippen molar-refractivity contribution in [3.05, 3.63) is 35.6 Å². The fourth-order valence-electron chi connectivity index (χ4n) is 4.42. The minimum absolute atomic E-state index is 0.0718. The molecule has 1 N–H and O–H groups in total. The summed E-state index contributed by atoms with van der Waals surface area (Å²) in [6, 6.07) is 6.97. The molecule has 132 valence electrons. The highest BCUT2D eigenvalue weighted by molar-refractivity contribution is 5.80. The minimum atomic E-state index is -0.140. The van der Waals surface area contributed by atoms with Crippen LogP contribution < -0.4 is 5.32 Å². The van der Waals surface area contributed by atoms with E-state index in [2.05, 4.69) is 10.2 Å². The van der Waals surface area contributed by atoms with E-state index >= 15 is 0 Å². The number of carbonyl (C=O) groups excluding carboxylic acids is 1.